The van der Waals surface area contributed by atoms with Gasteiger partial charge in [-0.25, -0.2) is 0 Å². The molecule has 2 N–H and O–H groups in total. The van der Waals surface area contributed by atoms with Gasteiger partial charge in [-0.15, -0.1) is 0 Å². The Labute approximate surface area is 80.5 Å². The number of hydrogen-bond donors (Lipinski definition) is 1. The van der Waals surface area contributed by atoms with Crippen molar-refractivity contribution < 1.29 is 0 Å². The first-order valence-corrected chi connectivity index (χ1v) is 6.15. The molecule has 72 valence electrons. The summed E-state index contributed by atoms with van der Waals surface area (Å²) < 4.78 is 0.467. The van der Waals surface area contributed by atoms with E-state index in [0.29, 0.717) is 4.75 Å². The van der Waals surface area contributed by atoms with Gasteiger partial charge in [-0.2, -0.15) is 11.8 Å². The highest BCUT2D eigenvalue weighted by Crippen LogP contribution is 2.39. The monoisotopic (exact) mass is 187 g/mol. The summed E-state index contributed by atoms with van der Waals surface area (Å²) in [7, 11) is 0. The molecule has 0 spiro atoms. The highest BCUT2D eigenvalue weighted by Gasteiger charge is 2.30. The molecule has 0 unspecified atom stereocenters. The fourth-order valence-electron chi connectivity index (χ4n) is 1.92. The van der Waals surface area contributed by atoms with E-state index >= 15 is 0 Å². The largest absolute Gasteiger partial charge is 0.329 e. The summed E-state index contributed by atoms with van der Waals surface area (Å²) in [5.41, 5.74) is 5.86. The smallest absolute Gasteiger partial charge is 0.0282 e. The summed E-state index contributed by atoms with van der Waals surface area (Å²) in [4.78, 5) is 0. The summed E-state index contributed by atoms with van der Waals surface area (Å²) in [5, 5.41) is 0. The van der Waals surface area contributed by atoms with Crippen molar-refractivity contribution in [3.63, 3.8) is 0 Å². The van der Waals surface area contributed by atoms with Crippen molar-refractivity contribution in [2.45, 2.75) is 50.2 Å². The Morgan fingerprint density at radius 3 is 2.42 bits per heavy atom. The van der Waals surface area contributed by atoms with Crippen LogP contribution >= 0.6 is 11.8 Å². The highest BCUT2D eigenvalue weighted by atomic mass is 32.2. The van der Waals surface area contributed by atoms with Gasteiger partial charge in [-0.3, -0.25) is 0 Å². The minimum absolute atomic E-state index is 0.467. The fourth-order valence-corrected chi connectivity index (χ4v) is 3.25. The van der Waals surface area contributed by atoms with Gasteiger partial charge >= 0.3 is 0 Å². The van der Waals surface area contributed by atoms with Crippen molar-refractivity contribution in [2.24, 2.45) is 5.73 Å². The van der Waals surface area contributed by atoms with Crippen LogP contribution in [-0.2, 0) is 0 Å². The summed E-state index contributed by atoms with van der Waals surface area (Å²) >= 11 is 2.12. The van der Waals surface area contributed by atoms with Crippen LogP contribution in [0.5, 0.6) is 0 Å². The molecule has 1 aliphatic rings. The van der Waals surface area contributed by atoms with Crippen molar-refractivity contribution in [1.29, 1.82) is 0 Å². The zero-order valence-electron chi connectivity index (χ0n) is 8.14. The molecule has 0 aromatic rings. The molecule has 0 aromatic carbocycles. The first kappa shape index (κ1) is 10.4. The van der Waals surface area contributed by atoms with Crippen LogP contribution in [0.4, 0.5) is 0 Å². The Bertz CT molecular complexity index is 119. The first-order valence-electron chi connectivity index (χ1n) is 5.17. The number of rotatable bonds is 4. The zero-order valence-corrected chi connectivity index (χ0v) is 8.96. The molecule has 0 aromatic heterocycles. The van der Waals surface area contributed by atoms with Gasteiger partial charge in [-0.05, 0) is 25.0 Å². The molecule has 0 heterocycles. The van der Waals surface area contributed by atoms with E-state index in [9.17, 15) is 0 Å². The van der Waals surface area contributed by atoms with Crippen molar-refractivity contribution in [3.8, 4) is 0 Å². The van der Waals surface area contributed by atoms with E-state index in [1.54, 1.807) is 0 Å². The van der Waals surface area contributed by atoms with Gasteiger partial charge in [-0.1, -0.05) is 26.2 Å². The highest BCUT2D eigenvalue weighted by molar-refractivity contribution is 8.00. The molecule has 1 rings (SSSR count). The van der Waals surface area contributed by atoms with Gasteiger partial charge in [0, 0.05) is 11.3 Å². The van der Waals surface area contributed by atoms with Crippen LogP contribution in [0.15, 0.2) is 0 Å². The number of thioether (sulfide) groups is 1. The third-order valence-corrected chi connectivity index (χ3v) is 4.55. The standard InChI is InChI=1S/C10H21NS/c1-2-8-12-10(9-11)6-4-3-5-7-10/h2-9,11H2,1H3. The van der Waals surface area contributed by atoms with Gasteiger partial charge in [0.1, 0.15) is 0 Å². The second kappa shape index (κ2) is 5.13. The van der Waals surface area contributed by atoms with E-state index in [-0.39, 0.29) is 0 Å². The summed E-state index contributed by atoms with van der Waals surface area (Å²) in [6, 6.07) is 0. The Kier molecular flexibility index (Phi) is 4.44. The van der Waals surface area contributed by atoms with Gasteiger partial charge in [0.15, 0.2) is 0 Å². The third-order valence-electron chi connectivity index (χ3n) is 2.75. The first-order chi connectivity index (χ1) is 5.83. The molecule has 0 aliphatic heterocycles. The average molecular weight is 187 g/mol. The van der Waals surface area contributed by atoms with Crippen LogP contribution in [0.1, 0.15) is 45.4 Å². The lowest BCUT2D eigenvalue weighted by Gasteiger charge is -2.35. The number of nitrogens with two attached hydrogens (primary N) is 1. The van der Waals surface area contributed by atoms with Crippen molar-refractivity contribution in [1.82, 2.24) is 0 Å². The van der Waals surface area contributed by atoms with Gasteiger partial charge in [0.05, 0.1) is 0 Å². The van der Waals surface area contributed by atoms with Crippen LogP contribution < -0.4 is 5.73 Å². The Balaban J connectivity index is 2.37. The maximum Gasteiger partial charge on any atom is 0.0282 e. The molecule has 0 bridgehead atoms. The molecule has 12 heavy (non-hydrogen) atoms. The van der Waals surface area contributed by atoms with E-state index in [2.05, 4.69) is 18.7 Å². The lowest BCUT2D eigenvalue weighted by Crippen LogP contribution is -2.36. The van der Waals surface area contributed by atoms with Gasteiger partial charge < -0.3 is 5.73 Å². The van der Waals surface area contributed by atoms with Gasteiger partial charge in [0.25, 0.3) is 0 Å². The molecule has 0 atom stereocenters. The van der Waals surface area contributed by atoms with E-state index < -0.39 is 0 Å². The molecule has 1 saturated carbocycles. The normalized spacial score (nSPS) is 22.5. The Morgan fingerprint density at radius 2 is 1.92 bits per heavy atom. The van der Waals surface area contributed by atoms with E-state index in [0.717, 1.165) is 6.54 Å². The lowest BCUT2D eigenvalue weighted by molar-refractivity contribution is 0.404. The molecule has 0 radical (unpaired) electrons. The minimum Gasteiger partial charge on any atom is -0.329 e. The molecule has 1 aliphatic carbocycles. The lowest BCUT2D eigenvalue weighted by atomic mass is 9.88. The van der Waals surface area contributed by atoms with Crippen LogP contribution in [0.3, 0.4) is 0 Å². The van der Waals surface area contributed by atoms with Gasteiger partial charge in [0.2, 0.25) is 0 Å². The molecule has 2 heteroatoms. The average Bonchev–Trinajstić information content (AvgIpc) is 2.16. The maximum absolute atomic E-state index is 5.86. The van der Waals surface area contributed by atoms with E-state index in [1.807, 2.05) is 0 Å². The van der Waals surface area contributed by atoms with Crippen molar-refractivity contribution in [3.05, 3.63) is 0 Å². The molecule has 0 amide bonds. The Hall–Kier alpha value is 0.310. The van der Waals surface area contributed by atoms with Crippen LogP contribution in [0.25, 0.3) is 0 Å². The predicted octanol–water partition coefficient (Wildman–Crippen LogP) is 2.79. The Morgan fingerprint density at radius 1 is 1.25 bits per heavy atom. The summed E-state index contributed by atoms with van der Waals surface area (Å²) in [6.07, 6.45) is 8.21. The van der Waals surface area contributed by atoms with Crippen LogP contribution in [0, 0.1) is 0 Å². The summed E-state index contributed by atoms with van der Waals surface area (Å²) in [6.45, 7) is 3.14. The summed E-state index contributed by atoms with van der Waals surface area (Å²) in [5.74, 6) is 1.29. The number of hydrogen-bond acceptors (Lipinski definition) is 2. The van der Waals surface area contributed by atoms with Crippen LogP contribution in [-0.4, -0.2) is 17.0 Å². The second-order valence-electron chi connectivity index (χ2n) is 3.80. The SMILES string of the molecule is CCCSC1(CN)CCCCC1. The van der Waals surface area contributed by atoms with Crippen LogP contribution in [0.2, 0.25) is 0 Å². The molecule has 1 nitrogen and oxygen atoms in total. The maximum atomic E-state index is 5.86. The molecule has 0 saturated heterocycles. The molecule has 1 fully saturated rings. The van der Waals surface area contributed by atoms with E-state index in [4.69, 9.17) is 5.73 Å². The zero-order chi connectivity index (χ0) is 8.86. The molecular formula is C10H21NS. The second-order valence-corrected chi connectivity index (χ2v) is 5.36. The fraction of sp³-hybridized carbons (Fsp3) is 1.00. The third kappa shape index (κ3) is 2.67. The van der Waals surface area contributed by atoms with E-state index in [1.165, 1.54) is 44.3 Å². The molecular weight excluding hydrogens is 166 g/mol. The topological polar surface area (TPSA) is 26.0 Å². The van der Waals surface area contributed by atoms with Crippen molar-refractivity contribution >= 4 is 11.8 Å². The predicted molar refractivity (Wildman–Crippen MR) is 57.6 cm³/mol. The van der Waals surface area contributed by atoms with Crippen molar-refractivity contribution in [2.75, 3.05) is 12.3 Å². The quantitative estimate of drug-likeness (QED) is 0.732. The minimum atomic E-state index is 0.467.